The minimum Gasteiger partial charge on any atom is -0.344 e. The normalized spacial score (nSPS) is 25.7. The smallest absolute Gasteiger partial charge is 0.218 e. The fourth-order valence-corrected chi connectivity index (χ4v) is 8.05. The van der Waals surface area contributed by atoms with Crippen LogP contribution in [-0.2, 0) is 16.4 Å². The minimum absolute atomic E-state index is 0.0581. The average molecular weight is 483 g/mol. The summed E-state index contributed by atoms with van der Waals surface area (Å²) in [6, 6.07) is 8.34. The van der Waals surface area contributed by atoms with Crippen molar-refractivity contribution in [2.45, 2.75) is 44.4 Å². The van der Waals surface area contributed by atoms with Crippen LogP contribution in [0.15, 0.2) is 60.2 Å². The molecule has 0 N–H and O–H groups in total. The fourth-order valence-electron chi connectivity index (χ4n) is 5.04. The SMILES string of the molecule is Cc1ccc(Cc2nsc(N3CCN(S(=O)(=O)C4CC=CC5=CC=CCC54)C(C)C3)n2)cc1. The summed E-state index contributed by atoms with van der Waals surface area (Å²) >= 11 is 1.40. The number of allylic oxidation sites excluding steroid dienone is 6. The highest BCUT2D eigenvalue weighted by Crippen LogP contribution is 2.37. The number of hydrogen-bond donors (Lipinski definition) is 0. The number of fused-ring (bicyclic) bond motifs is 1. The molecule has 1 fully saturated rings. The van der Waals surface area contributed by atoms with E-state index in [0.29, 0.717) is 32.5 Å². The highest BCUT2D eigenvalue weighted by molar-refractivity contribution is 7.89. The van der Waals surface area contributed by atoms with E-state index < -0.39 is 10.0 Å². The maximum atomic E-state index is 13.7. The summed E-state index contributed by atoms with van der Waals surface area (Å²) in [5.74, 6) is 0.878. The van der Waals surface area contributed by atoms with Gasteiger partial charge >= 0.3 is 0 Å². The van der Waals surface area contributed by atoms with E-state index in [-0.39, 0.29) is 17.2 Å². The van der Waals surface area contributed by atoms with Gasteiger partial charge in [-0.25, -0.2) is 13.4 Å². The molecule has 8 heteroatoms. The molecule has 0 radical (unpaired) electrons. The van der Waals surface area contributed by atoms with Crippen LogP contribution in [-0.4, -0.2) is 53.0 Å². The first-order valence-electron chi connectivity index (χ1n) is 11.6. The molecule has 0 spiro atoms. The maximum Gasteiger partial charge on any atom is 0.218 e. The van der Waals surface area contributed by atoms with Gasteiger partial charge < -0.3 is 4.90 Å². The Kier molecular flexibility index (Phi) is 6.24. The second-order valence-corrected chi connectivity index (χ2v) is 12.1. The molecule has 1 aromatic heterocycles. The summed E-state index contributed by atoms with van der Waals surface area (Å²) in [6.45, 7) is 5.84. The van der Waals surface area contributed by atoms with Gasteiger partial charge in [-0.1, -0.05) is 60.2 Å². The van der Waals surface area contributed by atoms with Crippen molar-refractivity contribution < 1.29 is 8.42 Å². The largest absolute Gasteiger partial charge is 0.344 e. The van der Waals surface area contributed by atoms with E-state index in [9.17, 15) is 8.42 Å². The summed E-state index contributed by atoms with van der Waals surface area (Å²) < 4.78 is 33.6. The second kappa shape index (κ2) is 9.16. The van der Waals surface area contributed by atoms with E-state index in [4.69, 9.17) is 4.98 Å². The van der Waals surface area contributed by atoms with Gasteiger partial charge in [0.1, 0.15) is 5.82 Å². The standard InChI is InChI=1S/C25H30N4O2S2/c1-18-10-12-20(13-11-18)16-24-26-25(32-27-24)28-14-15-29(19(2)17-28)33(30,31)23-9-5-7-21-6-3-4-8-22(21)23/h3-7,10-13,19,22-23H,8-9,14-17H2,1-2H3. The van der Waals surface area contributed by atoms with Crippen LogP contribution in [0.4, 0.5) is 5.13 Å². The van der Waals surface area contributed by atoms with E-state index in [1.54, 1.807) is 4.31 Å². The van der Waals surface area contributed by atoms with E-state index in [1.807, 2.05) is 19.1 Å². The van der Waals surface area contributed by atoms with Gasteiger partial charge in [0.15, 0.2) is 0 Å². The molecule has 0 bridgehead atoms. The number of nitrogens with zero attached hydrogens (tertiary/aromatic N) is 4. The molecule has 1 saturated heterocycles. The predicted octanol–water partition coefficient (Wildman–Crippen LogP) is 4.11. The molecule has 1 aromatic carbocycles. The quantitative estimate of drug-likeness (QED) is 0.642. The highest BCUT2D eigenvalue weighted by atomic mass is 32.2. The summed E-state index contributed by atoms with van der Waals surface area (Å²) in [5, 5.41) is 0.500. The monoisotopic (exact) mass is 482 g/mol. The summed E-state index contributed by atoms with van der Waals surface area (Å²) in [4.78, 5) is 6.94. The van der Waals surface area contributed by atoms with Gasteiger partial charge in [-0.05, 0) is 37.8 Å². The molecule has 6 nitrogen and oxygen atoms in total. The fraction of sp³-hybridized carbons (Fsp3) is 0.440. The average Bonchev–Trinajstić information content (AvgIpc) is 3.28. The van der Waals surface area contributed by atoms with Gasteiger partial charge in [-0.2, -0.15) is 8.68 Å². The van der Waals surface area contributed by atoms with Crippen molar-refractivity contribution in [1.29, 1.82) is 0 Å². The summed E-state index contributed by atoms with van der Waals surface area (Å²) in [6.07, 6.45) is 12.4. The number of aryl methyl sites for hydroxylation is 1. The van der Waals surface area contributed by atoms with Crippen LogP contribution in [0.25, 0.3) is 0 Å². The molecular formula is C25H30N4O2S2. The van der Waals surface area contributed by atoms with Crippen molar-refractivity contribution in [3.05, 3.63) is 77.2 Å². The third-order valence-electron chi connectivity index (χ3n) is 6.86. The number of benzene rings is 1. The summed E-state index contributed by atoms with van der Waals surface area (Å²) in [5.41, 5.74) is 3.57. The van der Waals surface area contributed by atoms with Gasteiger partial charge in [0.2, 0.25) is 15.2 Å². The van der Waals surface area contributed by atoms with Crippen molar-refractivity contribution in [3.8, 4) is 0 Å². The zero-order valence-corrected chi connectivity index (χ0v) is 20.7. The van der Waals surface area contributed by atoms with E-state index >= 15 is 0 Å². The molecule has 33 heavy (non-hydrogen) atoms. The van der Waals surface area contributed by atoms with Crippen LogP contribution >= 0.6 is 11.5 Å². The van der Waals surface area contributed by atoms with Gasteiger partial charge in [-0.15, -0.1) is 0 Å². The Morgan fingerprint density at radius 1 is 1.12 bits per heavy atom. The van der Waals surface area contributed by atoms with E-state index in [2.05, 4.69) is 58.7 Å². The Labute approximate surface area is 200 Å². The molecule has 1 aliphatic heterocycles. The van der Waals surface area contributed by atoms with Crippen molar-refractivity contribution >= 4 is 26.7 Å². The molecular weight excluding hydrogens is 452 g/mol. The van der Waals surface area contributed by atoms with Gasteiger partial charge in [0.25, 0.3) is 0 Å². The van der Waals surface area contributed by atoms with Crippen molar-refractivity contribution in [3.63, 3.8) is 0 Å². The van der Waals surface area contributed by atoms with Gasteiger partial charge in [-0.3, -0.25) is 0 Å². The van der Waals surface area contributed by atoms with Crippen LogP contribution in [0.5, 0.6) is 0 Å². The molecule has 2 aliphatic carbocycles. The van der Waals surface area contributed by atoms with Crippen molar-refractivity contribution in [2.75, 3.05) is 24.5 Å². The Morgan fingerprint density at radius 3 is 2.73 bits per heavy atom. The third-order valence-corrected chi connectivity index (χ3v) is 10.2. The predicted molar refractivity (Wildman–Crippen MR) is 134 cm³/mol. The lowest BCUT2D eigenvalue weighted by Gasteiger charge is -2.42. The number of rotatable bonds is 5. The van der Waals surface area contributed by atoms with Crippen molar-refractivity contribution in [2.24, 2.45) is 5.92 Å². The Bertz CT molecular complexity index is 1200. The molecule has 5 rings (SSSR count). The lowest BCUT2D eigenvalue weighted by molar-refractivity contribution is 0.298. The Balaban J connectivity index is 1.26. The highest BCUT2D eigenvalue weighted by Gasteiger charge is 2.43. The van der Waals surface area contributed by atoms with Crippen LogP contribution in [0.1, 0.15) is 36.7 Å². The van der Waals surface area contributed by atoms with Crippen LogP contribution in [0.3, 0.4) is 0 Å². The number of piperazine rings is 1. The lowest BCUT2D eigenvalue weighted by Crippen LogP contribution is -2.57. The zero-order valence-electron chi connectivity index (χ0n) is 19.1. The first-order valence-corrected chi connectivity index (χ1v) is 13.9. The van der Waals surface area contributed by atoms with Crippen LogP contribution < -0.4 is 4.90 Å². The van der Waals surface area contributed by atoms with Gasteiger partial charge in [0, 0.05) is 49.5 Å². The number of hydrogen-bond acceptors (Lipinski definition) is 6. The summed E-state index contributed by atoms with van der Waals surface area (Å²) in [7, 11) is -3.40. The molecule has 2 aromatic rings. The van der Waals surface area contributed by atoms with E-state index in [1.165, 1.54) is 22.7 Å². The molecule has 3 aliphatic rings. The maximum absolute atomic E-state index is 13.7. The van der Waals surface area contributed by atoms with Crippen molar-refractivity contribution in [1.82, 2.24) is 13.7 Å². The molecule has 2 heterocycles. The number of aromatic nitrogens is 2. The van der Waals surface area contributed by atoms with Gasteiger partial charge in [0.05, 0.1) is 5.25 Å². The van der Waals surface area contributed by atoms with E-state index in [0.717, 1.165) is 22.9 Å². The number of anilines is 1. The van der Waals surface area contributed by atoms with Crippen LogP contribution in [0, 0.1) is 12.8 Å². The first-order chi connectivity index (χ1) is 15.9. The lowest BCUT2D eigenvalue weighted by atomic mass is 9.83. The Hall–Kier alpha value is -2.29. The molecule has 3 unspecified atom stereocenters. The number of sulfonamides is 1. The minimum atomic E-state index is -3.40. The Morgan fingerprint density at radius 2 is 1.94 bits per heavy atom. The van der Waals surface area contributed by atoms with Crippen LogP contribution in [0.2, 0.25) is 0 Å². The topological polar surface area (TPSA) is 66.4 Å². The molecule has 174 valence electrons. The third kappa shape index (κ3) is 4.56. The molecule has 0 amide bonds. The molecule has 0 saturated carbocycles. The second-order valence-electron chi connectivity index (χ2n) is 9.22. The zero-order chi connectivity index (χ0) is 23.0. The molecule has 3 atom stereocenters. The first kappa shape index (κ1) is 22.5.